The topological polar surface area (TPSA) is 0 Å². The molecule has 0 heteroatoms. The first kappa shape index (κ1) is 28.4. The van der Waals surface area contributed by atoms with Crippen molar-refractivity contribution in [2.24, 2.45) is 0 Å². The minimum atomic E-state index is 1.19. The molecule has 0 aliphatic rings. The van der Waals surface area contributed by atoms with Gasteiger partial charge in [-0.25, -0.2) is 0 Å². The second-order valence-electron chi connectivity index (χ2n) is 11.4. The third-order valence-corrected chi connectivity index (χ3v) is 8.27. The smallest absolute Gasteiger partial charge is 0.00731 e. The second kappa shape index (κ2) is 16.4. The molecule has 4 aromatic carbocycles. The molecule has 0 saturated heterocycles. The van der Waals surface area contributed by atoms with Crippen molar-refractivity contribution in [2.75, 3.05) is 0 Å². The van der Waals surface area contributed by atoms with Gasteiger partial charge >= 0.3 is 0 Å². The van der Waals surface area contributed by atoms with Crippen LogP contribution in [-0.4, -0.2) is 0 Å². The van der Waals surface area contributed by atoms with Crippen molar-refractivity contribution in [3.8, 4) is 0 Å². The van der Waals surface area contributed by atoms with Gasteiger partial charge in [-0.05, 0) is 88.5 Å². The van der Waals surface area contributed by atoms with Crippen molar-refractivity contribution < 1.29 is 0 Å². The predicted molar refractivity (Wildman–Crippen MR) is 171 cm³/mol. The lowest BCUT2D eigenvalue weighted by molar-refractivity contribution is 0.577. The Balaban J connectivity index is 1.11. The molecule has 4 aromatic rings. The summed E-state index contributed by atoms with van der Waals surface area (Å²) in [6, 6.07) is 25.0. The van der Waals surface area contributed by atoms with Crippen molar-refractivity contribution >= 4 is 32.3 Å². The molecule has 0 heterocycles. The average molecular weight is 507 g/mol. The van der Waals surface area contributed by atoms with Gasteiger partial charge in [0.2, 0.25) is 0 Å². The highest BCUT2D eigenvalue weighted by molar-refractivity contribution is 6.13. The molecule has 202 valence electrons. The van der Waals surface area contributed by atoms with Crippen LogP contribution < -0.4 is 0 Å². The lowest BCUT2D eigenvalue weighted by Gasteiger charge is -2.11. The third kappa shape index (κ3) is 8.72. The molecule has 0 atom stereocenters. The van der Waals surface area contributed by atoms with Gasteiger partial charge in [0, 0.05) is 0 Å². The van der Waals surface area contributed by atoms with E-state index >= 15 is 0 Å². The van der Waals surface area contributed by atoms with Crippen LogP contribution in [0.4, 0.5) is 0 Å². The Morgan fingerprint density at radius 2 is 1.03 bits per heavy atom. The van der Waals surface area contributed by atoms with Crippen LogP contribution in [-0.2, 0) is 6.42 Å². The van der Waals surface area contributed by atoms with Crippen LogP contribution >= 0.6 is 0 Å². The highest BCUT2D eigenvalue weighted by Crippen LogP contribution is 2.32. The zero-order valence-corrected chi connectivity index (χ0v) is 24.0. The summed E-state index contributed by atoms with van der Waals surface area (Å²) in [4.78, 5) is 0. The van der Waals surface area contributed by atoms with Crippen LogP contribution in [0.1, 0.15) is 115 Å². The van der Waals surface area contributed by atoms with Gasteiger partial charge in [-0.3, -0.25) is 0 Å². The van der Waals surface area contributed by atoms with Crippen LogP contribution in [0.15, 0.2) is 78.9 Å². The molecule has 0 aliphatic heterocycles. The van der Waals surface area contributed by atoms with Crippen LogP contribution in [0.25, 0.3) is 32.3 Å². The van der Waals surface area contributed by atoms with E-state index in [1.54, 1.807) is 0 Å². The summed E-state index contributed by atoms with van der Waals surface area (Å²) >= 11 is 0. The molecule has 0 amide bonds. The molecule has 0 unspecified atom stereocenters. The highest BCUT2D eigenvalue weighted by Gasteiger charge is 2.07. The fourth-order valence-corrected chi connectivity index (χ4v) is 6.00. The summed E-state index contributed by atoms with van der Waals surface area (Å²) in [5.74, 6) is 0. The Bertz CT molecular complexity index is 1260. The molecule has 0 aromatic heterocycles. The van der Waals surface area contributed by atoms with E-state index in [2.05, 4.69) is 85.8 Å². The van der Waals surface area contributed by atoms with Gasteiger partial charge in [-0.2, -0.15) is 0 Å². The number of aryl methyl sites for hydroxylation is 1. The maximum absolute atomic E-state index is 2.44. The lowest BCUT2D eigenvalue weighted by atomic mass is 9.93. The lowest BCUT2D eigenvalue weighted by Crippen LogP contribution is -1.90. The van der Waals surface area contributed by atoms with Crippen LogP contribution in [0, 0.1) is 0 Å². The second-order valence-corrected chi connectivity index (χ2v) is 11.4. The number of unbranched alkanes of at least 4 members (excludes halogenated alkanes) is 14. The molecule has 38 heavy (non-hydrogen) atoms. The van der Waals surface area contributed by atoms with E-state index in [4.69, 9.17) is 0 Å². The summed E-state index contributed by atoms with van der Waals surface area (Å²) in [5.41, 5.74) is 1.52. The number of allylic oxidation sites excluding steroid dienone is 2. The summed E-state index contributed by atoms with van der Waals surface area (Å²) in [6.07, 6.45) is 28.1. The van der Waals surface area contributed by atoms with Gasteiger partial charge in [-0.1, -0.05) is 144 Å². The summed E-state index contributed by atoms with van der Waals surface area (Å²) in [5, 5.41) is 8.28. The SMILES string of the molecule is CCCCCCCCCC/C=C\CCCCCCCCc1cccc2ccc3cc4ccccc4cc3c12. The zero-order valence-electron chi connectivity index (χ0n) is 24.0. The fourth-order valence-electron chi connectivity index (χ4n) is 6.00. The maximum Gasteiger partial charge on any atom is -0.00731 e. The fraction of sp³-hybridized carbons (Fsp3) is 0.474. The Hall–Kier alpha value is -2.60. The van der Waals surface area contributed by atoms with E-state index in [0.717, 1.165) is 0 Å². The quantitative estimate of drug-likeness (QED) is 0.0544. The van der Waals surface area contributed by atoms with Gasteiger partial charge in [0.1, 0.15) is 0 Å². The molecular weight excluding hydrogens is 456 g/mol. The van der Waals surface area contributed by atoms with Crippen LogP contribution in [0.2, 0.25) is 0 Å². The van der Waals surface area contributed by atoms with Gasteiger partial charge in [0.05, 0.1) is 0 Å². The van der Waals surface area contributed by atoms with Crippen molar-refractivity contribution in [3.63, 3.8) is 0 Å². The number of fused-ring (bicyclic) bond motifs is 4. The molecule has 0 fully saturated rings. The molecular formula is C38H50. The van der Waals surface area contributed by atoms with Crippen molar-refractivity contribution in [2.45, 2.75) is 116 Å². The summed E-state index contributed by atoms with van der Waals surface area (Å²) in [6.45, 7) is 2.29. The third-order valence-electron chi connectivity index (χ3n) is 8.27. The molecule has 0 N–H and O–H groups in total. The first-order valence-electron chi connectivity index (χ1n) is 15.8. The number of rotatable bonds is 18. The highest BCUT2D eigenvalue weighted by atomic mass is 14.1. The van der Waals surface area contributed by atoms with E-state index in [-0.39, 0.29) is 0 Å². The molecule has 0 nitrogen and oxygen atoms in total. The standard InChI is InChI=1S/C38H50/c1-2-3-4-5-6-7-8-9-10-11-12-13-14-15-16-17-18-19-23-32-26-22-27-33-28-29-36-30-34-24-20-21-25-35(34)31-37(36)38(32)33/h11-12,20-22,24-31H,2-10,13-19,23H2,1H3/b12-11-. The molecule has 0 saturated carbocycles. The maximum atomic E-state index is 2.44. The largest absolute Gasteiger partial charge is 0.0885 e. The van der Waals surface area contributed by atoms with Gasteiger partial charge in [0.15, 0.2) is 0 Å². The minimum absolute atomic E-state index is 1.19. The molecule has 0 bridgehead atoms. The van der Waals surface area contributed by atoms with Crippen molar-refractivity contribution in [3.05, 3.63) is 84.4 Å². The van der Waals surface area contributed by atoms with Crippen LogP contribution in [0.3, 0.4) is 0 Å². The van der Waals surface area contributed by atoms with Crippen molar-refractivity contribution in [1.29, 1.82) is 0 Å². The summed E-state index contributed by atoms with van der Waals surface area (Å²) in [7, 11) is 0. The molecule has 0 spiro atoms. The van der Waals surface area contributed by atoms with E-state index in [1.807, 2.05) is 0 Å². The van der Waals surface area contributed by atoms with Crippen molar-refractivity contribution in [1.82, 2.24) is 0 Å². The Morgan fingerprint density at radius 3 is 1.71 bits per heavy atom. The predicted octanol–water partition coefficient (Wildman–Crippen LogP) is 12.5. The van der Waals surface area contributed by atoms with E-state index < -0.39 is 0 Å². The number of hydrogen-bond donors (Lipinski definition) is 0. The number of hydrogen-bond acceptors (Lipinski definition) is 0. The Labute approximate surface area is 232 Å². The first-order valence-corrected chi connectivity index (χ1v) is 15.8. The van der Waals surface area contributed by atoms with E-state index in [9.17, 15) is 0 Å². The average Bonchev–Trinajstić information content (AvgIpc) is 2.95. The molecule has 4 rings (SSSR count). The molecule has 0 aliphatic carbocycles. The van der Waals surface area contributed by atoms with E-state index in [0.29, 0.717) is 0 Å². The number of benzene rings is 4. The first-order chi connectivity index (χ1) is 18.9. The normalized spacial score (nSPS) is 11.9. The van der Waals surface area contributed by atoms with E-state index in [1.165, 1.54) is 147 Å². The Morgan fingerprint density at radius 1 is 0.474 bits per heavy atom. The Kier molecular flexibility index (Phi) is 12.2. The molecule has 0 radical (unpaired) electrons. The minimum Gasteiger partial charge on any atom is -0.0885 e. The van der Waals surface area contributed by atoms with Crippen LogP contribution in [0.5, 0.6) is 0 Å². The van der Waals surface area contributed by atoms with Gasteiger partial charge in [-0.15, -0.1) is 0 Å². The van der Waals surface area contributed by atoms with Gasteiger partial charge in [0.25, 0.3) is 0 Å². The summed E-state index contributed by atoms with van der Waals surface area (Å²) < 4.78 is 0. The van der Waals surface area contributed by atoms with Gasteiger partial charge < -0.3 is 0 Å². The zero-order chi connectivity index (χ0) is 26.3. The monoisotopic (exact) mass is 506 g/mol.